The van der Waals surface area contributed by atoms with E-state index in [9.17, 15) is 14.7 Å². The third-order valence-corrected chi connectivity index (χ3v) is 4.18. The summed E-state index contributed by atoms with van der Waals surface area (Å²) in [5, 5.41) is 9.18. The topological polar surface area (TPSA) is 76.1 Å². The lowest BCUT2D eigenvalue weighted by Gasteiger charge is -2.19. The van der Waals surface area contributed by atoms with Crippen molar-refractivity contribution in [2.45, 2.75) is 13.8 Å². The van der Waals surface area contributed by atoms with Crippen LogP contribution in [-0.2, 0) is 4.79 Å². The zero-order valence-electron chi connectivity index (χ0n) is 13.3. The van der Waals surface area contributed by atoms with Crippen molar-refractivity contribution < 1.29 is 24.2 Å². The average Bonchev–Trinajstić information content (AvgIpc) is 2.88. The van der Waals surface area contributed by atoms with Crippen LogP contribution >= 0.6 is 0 Å². The summed E-state index contributed by atoms with van der Waals surface area (Å²) in [5.74, 6) is -0.541. The summed E-state index contributed by atoms with van der Waals surface area (Å²) in [6.07, 6.45) is 0. The van der Waals surface area contributed by atoms with Gasteiger partial charge in [-0.1, -0.05) is 6.92 Å². The summed E-state index contributed by atoms with van der Waals surface area (Å²) in [4.78, 5) is 25.5. The molecule has 2 rings (SSSR count). The van der Waals surface area contributed by atoms with E-state index < -0.39 is 11.9 Å². The molecule has 0 bridgehead atoms. The fourth-order valence-electron chi connectivity index (χ4n) is 2.84. The van der Waals surface area contributed by atoms with E-state index in [1.54, 1.807) is 24.1 Å². The number of benzene rings is 1. The molecule has 22 heavy (non-hydrogen) atoms. The smallest absolute Gasteiger partial charge is 0.308 e. The average molecular weight is 307 g/mol. The fraction of sp³-hybridized carbons (Fsp3) is 0.500. The number of aryl methyl sites for hydroxylation is 1. The number of rotatable bonds is 4. The molecule has 2 atom stereocenters. The molecule has 1 fully saturated rings. The van der Waals surface area contributed by atoms with Gasteiger partial charge >= 0.3 is 5.97 Å². The standard InChI is InChI=1S/C16H21NO5/c1-9-5-13(21-3)14(22-4)6-11(9)15(18)17-7-10(2)12(8-17)16(19)20/h5-6,10,12H,7-8H2,1-4H3,(H,19,20)/t10-,12-/m1/s1. The van der Waals surface area contributed by atoms with Crippen molar-refractivity contribution in [3.05, 3.63) is 23.3 Å². The van der Waals surface area contributed by atoms with Crippen LogP contribution in [-0.4, -0.2) is 49.2 Å². The van der Waals surface area contributed by atoms with Gasteiger partial charge in [-0.3, -0.25) is 9.59 Å². The lowest BCUT2D eigenvalue weighted by molar-refractivity contribution is -0.142. The highest BCUT2D eigenvalue weighted by atomic mass is 16.5. The number of carbonyl (C=O) groups is 2. The molecule has 1 aliphatic heterocycles. The molecule has 1 aromatic rings. The molecule has 1 N–H and O–H groups in total. The van der Waals surface area contributed by atoms with E-state index in [0.29, 0.717) is 23.6 Å². The van der Waals surface area contributed by atoms with Crippen LogP contribution in [0.15, 0.2) is 12.1 Å². The maximum atomic E-state index is 12.7. The van der Waals surface area contributed by atoms with Gasteiger partial charge in [0.05, 0.1) is 20.1 Å². The molecule has 0 spiro atoms. The predicted octanol–water partition coefficient (Wildman–Crippen LogP) is 1.80. The third kappa shape index (κ3) is 2.86. The van der Waals surface area contributed by atoms with E-state index in [-0.39, 0.29) is 18.4 Å². The number of hydrogen-bond acceptors (Lipinski definition) is 4. The molecule has 0 radical (unpaired) electrons. The Morgan fingerprint density at radius 1 is 1.18 bits per heavy atom. The molecule has 6 heteroatoms. The minimum atomic E-state index is -0.855. The van der Waals surface area contributed by atoms with Crippen LogP contribution in [0.2, 0.25) is 0 Å². The maximum Gasteiger partial charge on any atom is 0.308 e. The highest BCUT2D eigenvalue weighted by Crippen LogP contribution is 2.32. The predicted molar refractivity (Wildman–Crippen MR) is 80.5 cm³/mol. The van der Waals surface area contributed by atoms with Crippen molar-refractivity contribution in [1.82, 2.24) is 4.90 Å². The van der Waals surface area contributed by atoms with Crippen LogP contribution in [0.4, 0.5) is 0 Å². The quantitative estimate of drug-likeness (QED) is 0.918. The number of ether oxygens (including phenoxy) is 2. The summed E-state index contributed by atoms with van der Waals surface area (Å²) >= 11 is 0. The monoisotopic (exact) mass is 307 g/mol. The van der Waals surface area contributed by atoms with Gasteiger partial charge in [0.15, 0.2) is 11.5 Å². The van der Waals surface area contributed by atoms with Crippen molar-refractivity contribution >= 4 is 11.9 Å². The van der Waals surface area contributed by atoms with Gasteiger partial charge in [0, 0.05) is 18.7 Å². The number of carboxylic acids is 1. The lowest BCUT2D eigenvalue weighted by atomic mass is 9.99. The van der Waals surface area contributed by atoms with Crippen LogP contribution in [0.1, 0.15) is 22.8 Å². The first kappa shape index (κ1) is 16.1. The first-order valence-electron chi connectivity index (χ1n) is 7.13. The second-order valence-electron chi connectivity index (χ2n) is 5.65. The van der Waals surface area contributed by atoms with Crippen LogP contribution in [0, 0.1) is 18.8 Å². The Hall–Kier alpha value is -2.24. The molecular formula is C16H21NO5. The van der Waals surface area contributed by atoms with Crippen LogP contribution < -0.4 is 9.47 Å². The van der Waals surface area contributed by atoms with Crippen LogP contribution in [0.25, 0.3) is 0 Å². The Morgan fingerprint density at radius 3 is 2.27 bits per heavy atom. The highest BCUT2D eigenvalue weighted by molar-refractivity contribution is 5.97. The Labute approximate surface area is 129 Å². The van der Waals surface area contributed by atoms with Crippen LogP contribution in [0.3, 0.4) is 0 Å². The van der Waals surface area contributed by atoms with Gasteiger partial charge in [0.2, 0.25) is 0 Å². The maximum absolute atomic E-state index is 12.7. The van der Waals surface area contributed by atoms with E-state index in [1.165, 1.54) is 7.11 Å². The van der Waals surface area contributed by atoms with Gasteiger partial charge in [-0.15, -0.1) is 0 Å². The third-order valence-electron chi connectivity index (χ3n) is 4.18. The Balaban J connectivity index is 2.29. The molecule has 1 saturated heterocycles. The minimum Gasteiger partial charge on any atom is -0.493 e. The van der Waals surface area contributed by atoms with E-state index in [0.717, 1.165) is 5.56 Å². The molecule has 0 saturated carbocycles. The first-order valence-corrected chi connectivity index (χ1v) is 7.13. The van der Waals surface area contributed by atoms with E-state index in [1.807, 2.05) is 13.8 Å². The summed E-state index contributed by atoms with van der Waals surface area (Å²) < 4.78 is 10.5. The molecule has 0 aliphatic carbocycles. The van der Waals surface area contributed by atoms with Gasteiger partial charge in [0.1, 0.15) is 0 Å². The zero-order valence-corrected chi connectivity index (χ0v) is 13.3. The number of hydrogen-bond donors (Lipinski definition) is 1. The lowest BCUT2D eigenvalue weighted by Crippen LogP contribution is -2.30. The number of nitrogens with zero attached hydrogens (tertiary/aromatic N) is 1. The van der Waals surface area contributed by atoms with E-state index in [2.05, 4.69) is 0 Å². The molecule has 1 amide bonds. The molecule has 0 aromatic heterocycles. The number of carboxylic acid groups (broad SMARTS) is 1. The summed E-state index contributed by atoms with van der Waals surface area (Å²) in [6.45, 7) is 4.36. The molecule has 1 aromatic carbocycles. The normalized spacial score (nSPS) is 20.8. The minimum absolute atomic E-state index is 0.0538. The summed E-state index contributed by atoms with van der Waals surface area (Å²) in [7, 11) is 3.05. The fourth-order valence-corrected chi connectivity index (χ4v) is 2.84. The van der Waals surface area contributed by atoms with Crippen molar-refractivity contribution in [2.75, 3.05) is 27.3 Å². The second-order valence-corrected chi connectivity index (χ2v) is 5.65. The number of carbonyl (C=O) groups excluding carboxylic acids is 1. The molecule has 0 unspecified atom stereocenters. The first-order chi connectivity index (χ1) is 10.4. The van der Waals surface area contributed by atoms with Gasteiger partial charge < -0.3 is 19.5 Å². The number of amides is 1. The van der Waals surface area contributed by atoms with E-state index >= 15 is 0 Å². The molecular weight excluding hydrogens is 286 g/mol. The molecule has 120 valence electrons. The second kappa shape index (κ2) is 6.25. The highest BCUT2D eigenvalue weighted by Gasteiger charge is 2.37. The molecule has 1 heterocycles. The number of aliphatic carboxylic acids is 1. The molecule has 1 aliphatic rings. The Morgan fingerprint density at radius 2 is 1.77 bits per heavy atom. The molecule has 6 nitrogen and oxygen atoms in total. The van der Waals surface area contributed by atoms with Gasteiger partial charge in [0.25, 0.3) is 5.91 Å². The van der Waals surface area contributed by atoms with E-state index in [4.69, 9.17) is 9.47 Å². The van der Waals surface area contributed by atoms with Crippen LogP contribution in [0.5, 0.6) is 11.5 Å². The Kier molecular flexibility index (Phi) is 4.59. The SMILES string of the molecule is COc1cc(C)c(C(=O)N2C[C@@H](C)[C@H](C(=O)O)C2)cc1OC. The zero-order chi connectivity index (χ0) is 16.4. The van der Waals surface area contributed by atoms with Crippen molar-refractivity contribution in [2.24, 2.45) is 11.8 Å². The summed E-state index contributed by atoms with van der Waals surface area (Å²) in [5.41, 5.74) is 1.28. The van der Waals surface area contributed by atoms with Crippen molar-refractivity contribution in [3.63, 3.8) is 0 Å². The van der Waals surface area contributed by atoms with Crippen molar-refractivity contribution in [1.29, 1.82) is 0 Å². The number of likely N-dealkylation sites (tertiary alicyclic amines) is 1. The Bertz CT molecular complexity index is 598. The van der Waals surface area contributed by atoms with Gasteiger partial charge in [-0.05, 0) is 30.5 Å². The van der Waals surface area contributed by atoms with Gasteiger partial charge in [-0.25, -0.2) is 0 Å². The summed E-state index contributed by atoms with van der Waals surface area (Å²) in [6, 6.07) is 3.40. The van der Waals surface area contributed by atoms with Crippen molar-refractivity contribution in [3.8, 4) is 11.5 Å². The largest absolute Gasteiger partial charge is 0.493 e. The number of methoxy groups -OCH3 is 2. The van der Waals surface area contributed by atoms with Gasteiger partial charge in [-0.2, -0.15) is 0 Å².